The van der Waals surface area contributed by atoms with E-state index in [-0.39, 0.29) is 17.7 Å². The van der Waals surface area contributed by atoms with Crippen molar-refractivity contribution < 1.29 is 9.59 Å². The number of primary amides is 1. The molecule has 0 unspecified atom stereocenters. The molecule has 1 aromatic rings. The van der Waals surface area contributed by atoms with E-state index in [1.807, 2.05) is 23.6 Å². The smallest absolute Gasteiger partial charge is 0.278 e. The van der Waals surface area contributed by atoms with Gasteiger partial charge >= 0.3 is 0 Å². The first-order valence-corrected chi connectivity index (χ1v) is 9.60. The predicted molar refractivity (Wildman–Crippen MR) is 95.1 cm³/mol. The van der Waals surface area contributed by atoms with Crippen molar-refractivity contribution >= 4 is 46.2 Å². The fourth-order valence-electron chi connectivity index (χ4n) is 2.92. The van der Waals surface area contributed by atoms with Crippen LogP contribution in [0.15, 0.2) is 28.2 Å². The van der Waals surface area contributed by atoms with E-state index in [4.69, 9.17) is 5.73 Å². The van der Waals surface area contributed by atoms with Crippen LogP contribution in [0.1, 0.15) is 37.0 Å². The largest absolute Gasteiger partial charge is 0.369 e. The molecule has 0 saturated heterocycles. The average Bonchev–Trinajstić information content (AvgIpc) is 3.15. The van der Waals surface area contributed by atoms with Crippen molar-refractivity contribution in [2.75, 3.05) is 5.75 Å². The Balaban J connectivity index is 1.85. The zero-order chi connectivity index (χ0) is 16.2. The second-order valence-corrected chi connectivity index (χ2v) is 7.58. The van der Waals surface area contributed by atoms with Crippen molar-refractivity contribution in [3.8, 4) is 0 Å². The molecule has 23 heavy (non-hydrogen) atoms. The monoisotopic (exact) mass is 349 g/mol. The quantitative estimate of drug-likeness (QED) is 0.849. The van der Waals surface area contributed by atoms with E-state index in [1.165, 1.54) is 18.2 Å². The lowest BCUT2D eigenvalue weighted by Crippen LogP contribution is -2.41. The summed E-state index contributed by atoms with van der Waals surface area (Å²) >= 11 is 2.83. The SMILES string of the molecule is NC(=O)CSC1=N/C(=C/c2cccs2)C(=O)N1C1CCCCC1. The Morgan fingerprint density at radius 1 is 1.43 bits per heavy atom. The third kappa shape index (κ3) is 3.84. The summed E-state index contributed by atoms with van der Waals surface area (Å²) in [6.07, 6.45) is 7.29. The number of aliphatic imine (C=N–C) groups is 1. The normalized spacial score (nSPS) is 21.0. The van der Waals surface area contributed by atoms with Crippen LogP contribution < -0.4 is 5.73 Å². The number of thioether (sulfide) groups is 1. The van der Waals surface area contributed by atoms with Crippen LogP contribution in [-0.2, 0) is 9.59 Å². The molecule has 2 aliphatic rings. The summed E-state index contributed by atoms with van der Waals surface area (Å²) in [5.74, 6) is -0.316. The summed E-state index contributed by atoms with van der Waals surface area (Å²) in [5, 5.41) is 2.58. The number of rotatable bonds is 4. The minimum atomic E-state index is -0.399. The van der Waals surface area contributed by atoms with Gasteiger partial charge in [-0.05, 0) is 30.4 Å². The number of thiophene rings is 1. The van der Waals surface area contributed by atoms with E-state index in [9.17, 15) is 9.59 Å². The maximum absolute atomic E-state index is 12.8. The number of carbonyl (C=O) groups excluding carboxylic acids is 2. The van der Waals surface area contributed by atoms with Crippen LogP contribution in [0.2, 0.25) is 0 Å². The molecule has 122 valence electrons. The van der Waals surface area contributed by atoms with Crippen LogP contribution in [-0.4, -0.2) is 33.7 Å². The second-order valence-electron chi connectivity index (χ2n) is 5.66. The lowest BCUT2D eigenvalue weighted by Gasteiger charge is -2.31. The maximum atomic E-state index is 12.8. The molecule has 2 heterocycles. The highest BCUT2D eigenvalue weighted by molar-refractivity contribution is 8.14. The molecule has 2 N–H and O–H groups in total. The van der Waals surface area contributed by atoms with Gasteiger partial charge in [-0.1, -0.05) is 37.1 Å². The molecule has 7 heteroatoms. The van der Waals surface area contributed by atoms with Crippen LogP contribution in [0.4, 0.5) is 0 Å². The van der Waals surface area contributed by atoms with Gasteiger partial charge in [0.2, 0.25) is 5.91 Å². The number of nitrogens with two attached hydrogens (primary N) is 1. The Hall–Kier alpha value is -1.60. The Bertz CT molecular complexity index is 646. The highest BCUT2D eigenvalue weighted by Gasteiger charge is 2.36. The van der Waals surface area contributed by atoms with Gasteiger partial charge in [-0.15, -0.1) is 11.3 Å². The molecule has 2 amide bonds. The number of amidine groups is 1. The minimum Gasteiger partial charge on any atom is -0.369 e. The molecule has 1 aliphatic carbocycles. The molecule has 1 saturated carbocycles. The van der Waals surface area contributed by atoms with Crippen molar-refractivity contribution in [3.63, 3.8) is 0 Å². The third-order valence-corrected chi connectivity index (χ3v) is 5.76. The summed E-state index contributed by atoms with van der Waals surface area (Å²) in [5.41, 5.74) is 5.69. The zero-order valence-electron chi connectivity index (χ0n) is 12.7. The molecule has 0 spiro atoms. The van der Waals surface area contributed by atoms with Gasteiger partial charge in [0.05, 0.1) is 5.75 Å². The van der Waals surface area contributed by atoms with E-state index in [0.29, 0.717) is 10.9 Å². The molecule has 1 fully saturated rings. The van der Waals surface area contributed by atoms with Gasteiger partial charge in [-0.3, -0.25) is 14.5 Å². The summed E-state index contributed by atoms with van der Waals surface area (Å²) in [6, 6.07) is 4.09. The van der Waals surface area contributed by atoms with Gasteiger partial charge in [-0.2, -0.15) is 0 Å². The lowest BCUT2D eigenvalue weighted by atomic mass is 9.94. The van der Waals surface area contributed by atoms with Crippen LogP contribution in [0.3, 0.4) is 0 Å². The molecule has 1 aromatic heterocycles. The first-order valence-electron chi connectivity index (χ1n) is 7.73. The molecular weight excluding hydrogens is 330 g/mol. The Labute approximate surface area is 143 Å². The van der Waals surface area contributed by atoms with Crippen molar-refractivity contribution in [1.29, 1.82) is 0 Å². The molecule has 5 nitrogen and oxygen atoms in total. The average molecular weight is 349 g/mol. The lowest BCUT2D eigenvalue weighted by molar-refractivity contribution is -0.124. The number of nitrogens with zero attached hydrogens (tertiary/aromatic N) is 2. The summed E-state index contributed by atoms with van der Waals surface area (Å²) < 4.78 is 0. The van der Waals surface area contributed by atoms with Crippen molar-refractivity contribution in [1.82, 2.24) is 4.90 Å². The highest BCUT2D eigenvalue weighted by Crippen LogP contribution is 2.32. The van der Waals surface area contributed by atoms with Crippen molar-refractivity contribution in [3.05, 3.63) is 28.1 Å². The van der Waals surface area contributed by atoms with E-state index in [2.05, 4.69) is 4.99 Å². The predicted octanol–water partition coefficient (Wildman–Crippen LogP) is 2.84. The summed E-state index contributed by atoms with van der Waals surface area (Å²) in [6.45, 7) is 0. The first-order chi connectivity index (χ1) is 11.1. The Kier molecular flexibility index (Phi) is 5.17. The zero-order valence-corrected chi connectivity index (χ0v) is 14.4. The summed E-state index contributed by atoms with van der Waals surface area (Å²) in [4.78, 5) is 31.2. The van der Waals surface area contributed by atoms with E-state index < -0.39 is 5.91 Å². The minimum absolute atomic E-state index is 0.0581. The number of hydrogen-bond acceptors (Lipinski definition) is 5. The van der Waals surface area contributed by atoms with Gasteiger partial charge in [0.1, 0.15) is 5.70 Å². The van der Waals surface area contributed by atoms with Crippen molar-refractivity contribution in [2.45, 2.75) is 38.1 Å². The molecule has 0 radical (unpaired) electrons. The van der Waals surface area contributed by atoms with Crippen LogP contribution in [0.25, 0.3) is 6.08 Å². The van der Waals surface area contributed by atoms with Gasteiger partial charge in [0.15, 0.2) is 5.17 Å². The molecule has 0 aromatic carbocycles. The Morgan fingerprint density at radius 2 is 2.22 bits per heavy atom. The third-order valence-electron chi connectivity index (χ3n) is 3.97. The fraction of sp³-hybridized carbons (Fsp3) is 0.438. The summed E-state index contributed by atoms with van der Waals surface area (Å²) in [7, 11) is 0. The van der Waals surface area contributed by atoms with Crippen LogP contribution in [0, 0.1) is 0 Å². The molecule has 1 aliphatic heterocycles. The fourth-order valence-corrected chi connectivity index (χ4v) is 4.37. The molecule has 0 bridgehead atoms. The van der Waals surface area contributed by atoms with Gasteiger partial charge in [0, 0.05) is 10.9 Å². The Morgan fingerprint density at radius 3 is 2.87 bits per heavy atom. The van der Waals surface area contributed by atoms with Gasteiger partial charge < -0.3 is 5.73 Å². The van der Waals surface area contributed by atoms with E-state index in [0.717, 1.165) is 30.6 Å². The van der Waals surface area contributed by atoms with E-state index in [1.54, 1.807) is 16.2 Å². The number of hydrogen-bond donors (Lipinski definition) is 1. The molecular formula is C16H19N3O2S2. The number of carbonyl (C=O) groups is 2. The van der Waals surface area contributed by atoms with Gasteiger partial charge in [0.25, 0.3) is 5.91 Å². The van der Waals surface area contributed by atoms with Gasteiger partial charge in [-0.25, -0.2) is 4.99 Å². The van der Waals surface area contributed by atoms with Crippen LogP contribution in [0.5, 0.6) is 0 Å². The highest BCUT2D eigenvalue weighted by atomic mass is 32.2. The number of amides is 2. The first kappa shape index (κ1) is 16.3. The second kappa shape index (κ2) is 7.31. The maximum Gasteiger partial charge on any atom is 0.278 e. The van der Waals surface area contributed by atoms with Crippen molar-refractivity contribution in [2.24, 2.45) is 10.7 Å². The molecule has 0 atom stereocenters. The van der Waals surface area contributed by atoms with Crippen LogP contribution >= 0.6 is 23.1 Å². The topological polar surface area (TPSA) is 75.8 Å². The molecule has 3 rings (SSSR count). The van der Waals surface area contributed by atoms with E-state index >= 15 is 0 Å². The standard InChI is InChI=1S/C16H19N3O2S2/c17-14(20)10-23-16-18-13(9-12-7-4-8-22-12)15(21)19(16)11-5-2-1-3-6-11/h4,7-9,11H,1-3,5-6,10H2,(H2,17,20)/b13-9+.